The normalized spacial score (nSPS) is 16.2. The third-order valence-electron chi connectivity index (χ3n) is 8.56. The number of esters is 2. The van der Waals surface area contributed by atoms with Gasteiger partial charge in [0.05, 0.1) is 23.9 Å². The maximum atomic E-state index is 13.0. The predicted molar refractivity (Wildman–Crippen MR) is 204 cm³/mol. The number of nitrogens with zero attached hydrogens (tertiary/aromatic N) is 2. The monoisotopic (exact) mass is 692 g/mol. The van der Waals surface area contributed by atoms with Crippen LogP contribution in [-0.4, -0.2) is 72.6 Å². The molecule has 5 atom stereocenters. The van der Waals surface area contributed by atoms with Crippen molar-refractivity contribution in [3.8, 4) is 0 Å². The molecule has 0 aliphatic carbocycles. The lowest BCUT2D eigenvalue weighted by molar-refractivity contribution is -0.181. The van der Waals surface area contributed by atoms with Gasteiger partial charge in [0, 0.05) is 29.7 Å². The third-order valence-corrected chi connectivity index (χ3v) is 8.56. The fraction of sp³-hybridized carbons (Fsp3) is 0.619. The van der Waals surface area contributed by atoms with Crippen molar-refractivity contribution in [1.82, 2.24) is 0 Å². The minimum atomic E-state index is -0.754. The second-order valence-electron chi connectivity index (χ2n) is 16.3. The van der Waals surface area contributed by atoms with E-state index in [1.54, 1.807) is 13.8 Å². The van der Waals surface area contributed by atoms with Crippen LogP contribution >= 0.6 is 0 Å². The maximum Gasteiger partial charge on any atom is 0.330 e. The molecule has 0 N–H and O–H groups in total. The van der Waals surface area contributed by atoms with Gasteiger partial charge in [0.1, 0.15) is 24.3 Å². The molecule has 0 aliphatic rings. The first-order valence-corrected chi connectivity index (χ1v) is 18.0. The molecule has 5 unspecified atom stereocenters. The second-order valence-corrected chi connectivity index (χ2v) is 16.3. The summed E-state index contributed by atoms with van der Waals surface area (Å²) in [7, 11) is 0. The van der Waals surface area contributed by atoms with Crippen molar-refractivity contribution in [2.45, 2.75) is 151 Å². The summed E-state index contributed by atoms with van der Waals surface area (Å²) >= 11 is 0. The largest absolute Gasteiger partial charge is 0.459 e. The summed E-state index contributed by atoms with van der Waals surface area (Å²) in [6.45, 7) is 25.6. The molecule has 8 nitrogen and oxygen atoms in total. The van der Waals surface area contributed by atoms with Crippen molar-refractivity contribution >= 4 is 24.4 Å². The highest BCUT2D eigenvalue weighted by Crippen LogP contribution is 2.27. The number of benzene rings is 2. The van der Waals surface area contributed by atoms with Crippen LogP contribution in [0.3, 0.4) is 0 Å². The molecule has 2 rings (SSSR count). The standard InChI is InChI=1S/C42H64N2O6/c1-30(50-42(12,13)34(5)49-38(46)33(4)44-29-40(8,9)26-36-22-18-15-19-23-36)24-41(10,11)47-27-31(2)48-37(45)32(3)43-28-39(6,7)25-35-20-16-14-17-21-35/h14-23,28-34H,24-27H2,1-13H3. The first kappa shape index (κ1) is 42.8. The molecule has 0 spiro atoms. The molecule has 0 aromatic heterocycles. The number of carbonyl (C=O) groups excluding carboxylic acids is 2. The summed E-state index contributed by atoms with van der Waals surface area (Å²) in [5.74, 6) is -0.778. The van der Waals surface area contributed by atoms with Crippen LogP contribution in [0.2, 0.25) is 0 Å². The Balaban J connectivity index is 1.80. The summed E-state index contributed by atoms with van der Waals surface area (Å²) in [6, 6.07) is 19.2. The van der Waals surface area contributed by atoms with E-state index in [0.29, 0.717) is 6.42 Å². The quantitative estimate of drug-likeness (QED) is 0.102. The summed E-state index contributed by atoms with van der Waals surface area (Å²) in [5.41, 5.74) is 0.722. The highest BCUT2D eigenvalue weighted by atomic mass is 16.6. The number of hydrogen-bond donors (Lipinski definition) is 0. The van der Waals surface area contributed by atoms with E-state index in [-0.39, 0.29) is 29.5 Å². The average Bonchev–Trinajstić information content (AvgIpc) is 3.01. The summed E-state index contributed by atoms with van der Waals surface area (Å²) in [4.78, 5) is 34.8. The van der Waals surface area contributed by atoms with E-state index >= 15 is 0 Å². The molecule has 2 aromatic carbocycles. The molecule has 0 saturated carbocycles. The topological polar surface area (TPSA) is 95.8 Å². The van der Waals surface area contributed by atoms with Crippen LogP contribution in [0.1, 0.15) is 108 Å². The molecular weight excluding hydrogens is 628 g/mol. The van der Waals surface area contributed by atoms with Crippen molar-refractivity contribution in [1.29, 1.82) is 0 Å². The van der Waals surface area contributed by atoms with Crippen LogP contribution in [0, 0.1) is 10.8 Å². The first-order chi connectivity index (χ1) is 23.1. The highest BCUT2D eigenvalue weighted by Gasteiger charge is 2.35. The third kappa shape index (κ3) is 16.1. The van der Waals surface area contributed by atoms with Crippen LogP contribution < -0.4 is 0 Å². The van der Waals surface area contributed by atoms with Crippen LogP contribution in [0.25, 0.3) is 0 Å². The number of rotatable bonds is 20. The van der Waals surface area contributed by atoms with E-state index in [2.05, 4.69) is 61.9 Å². The fourth-order valence-corrected chi connectivity index (χ4v) is 5.58. The SMILES string of the molecule is CC(COC(C)(C)CC(C)OC(C)(C)C(C)OC(=O)C(C)N=CC(C)(C)Cc1ccccc1)OC(=O)C(C)N=CC(C)(C)Cc1ccccc1. The molecule has 0 bridgehead atoms. The fourth-order valence-electron chi connectivity index (χ4n) is 5.58. The Morgan fingerprint density at radius 3 is 1.50 bits per heavy atom. The maximum absolute atomic E-state index is 13.0. The zero-order valence-corrected chi connectivity index (χ0v) is 33.0. The zero-order valence-electron chi connectivity index (χ0n) is 33.0. The van der Waals surface area contributed by atoms with Gasteiger partial charge in [-0.1, -0.05) is 88.4 Å². The van der Waals surface area contributed by atoms with Crippen molar-refractivity contribution in [2.24, 2.45) is 20.8 Å². The molecule has 0 aliphatic heterocycles. The average molecular weight is 693 g/mol. The van der Waals surface area contributed by atoms with Gasteiger partial charge in [-0.2, -0.15) is 0 Å². The Morgan fingerprint density at radius 1 is 0.640 bits per heavy atom. The molecular formula is C42H64N2O6. The minimum absolute atomic E-state index is 0.200. The number of ether oxygens (including phenoxy) is 4. The van der Waals surface area contributed by atoms with Gasteiger partial charge in [-0.25, -0.2) is 9.59 Å². The Hall–Kier alpha value is -3.36. The van der Waals surface area contributed by atoms with Crippen molar-refractivity contribution in [3.63, 3.8) is 0 Å². The summed E-state index contributed by atoms with van der Waals surface area (Å²) in [5, 5.41) is 0. The minimum Gasteiger partial charge on any atom is -0.459 e. The lowest BCUT2D eigenvalue weighted by Gasteiger charge is -2.37. The first-order valence-electron chi connectivity index (χ1n) is 18.0. The van der Waals surface area contributed by atoms with Gasteiger partial charge in [0.25, 0.3) is 0 Å². The molecule has 278 valence electrons. The van der Waals surface area contributed by atoms with Crippen LogP contribution in [-0.2, 0) is 41.4 Å². The van der Waals surface area contributed by atoms with E-state index in [1.807, 2.05) is 97.3 Å². The van der Waals surface area contributed by atoms with Gasteiger partial charge >= 0.3 is 11.9 Å². The Bertz CT molecular complexity index is 1380. The number of hydrogen-bond acceptors (Lipinski definition) is 8. The van der Waals surface area contributed by atoms with Gasteiger partial charge in [-0.05, 0) is 86.3 Å². The zero-order chi connectivity index (χ0) is 37.8. The molecule has 0 fully saturated rings. The predicted octanol–water partition coefficient (Wildman–Crippen LogP) is 8.68. The van der Waals surface area contributed by atoms with Crippen LogP contribution in [0.5, 0.6) is 0 Å². The number of carbonyl (C=O) groups is 2. The Morgan fingerprint density at radius 2 is 1.06 bits per heavy atom. The van der Waals surface area contributed by atoms with E-state index in [4.69, 9.17) is 18.9 Å². The van der Waals surface area contributed by atoms with Crippen LogP contribution in [0.4, 0.5) is 0 Å². The highest BCUT2D eigenvalue weighted by molar-refractivity contribution is 5.79. The molecule has 0 radical (unpaired) electrons. The summed E-state index contributed by atoms with van der Waals surface area (Å²) in [6.07, 6.45) is 4.76. The lowest BCUT2D eigenvalue weighted by Crippen LogP contribution is -2.45. The Kier molecular flexibility index (Phi) is 16.1. The van der Waals surface area contributed by atoms with E-state index < -0.39 is 41.5 Å². The molecule has 0 heterocycles. The molecule has 0 amide bonds. The number of aliphatic imine (C=N–C) groups is 2. The van der Waals surface area contributed by atoms with E-state index in [0.717, 1.165) is 12.8 Å². The van der Waals surface area contributed by atoms with Crippen molar-refractivity contribution in [2.75, 3.05) is 6.61 Å². The van der Waals surface area contributed by atoms with Crippen molar-refractivity contribution < 1.29 is 28.5 Å². The van der Waals surface area contributed by atoms with Crippen LogP contribution in [0.15, 0.2) is 70.6 Å². The van der Waals surface area contributed by atoms with Gasteiger partial charge in [0.15, 0.2) is 0 Å². The Labute approximate surface area is 302 Å². The van der Waals surface area contributed by atoms with Gasteiger partial charge in [0.2, 0.25) is 0 Å². The van der Waals surface area contributed by atoms with Gasteiger partial charge in [-0.3, -0.25) is 9.98 Å². The smallest absolute Gasteiger partial charge is 0.330 e. The molecule has 0 saturated heterocycles. The summed E-state index contributed by atoms with van der Waals surface area (Å²) < 4.78 is 24.1. The molecule has 50 heavy (non-hydrogen) atoms. The second kappa shape index (κ2) is 18.8. The van der Waals surface area contributed by atoms with Gasteiger partial charge in [-0.15, -0.1) is 0 Å². The van der Waals surface area contributed by atoms with Gasteiger partial charge < -0.3 is 18.9 Å². The molecule has 8 heteroatoms. The van der Waals surface area contributed by atoms with E-state index in [9.17, 15) is 9.59 Å². The van der Waals surface area contributed by atoms with Crippen molar-refractivity contribution in [3.05, 3.63) is 71.8 Å². The molecule has 2 aromatic rings. The van der Waals surface area contributed by atoms with E-state index in [1.165, 1.54) is 11.1 Å². The lowest BCUT2D eigenvalue weighted by atomic mass is 9.87.